The molecule has 0 aliphatic rings. The second kappa shape index (κ2) is 55.0. The molecule has 0 aromatic rings. The van der Waals surface area contributed by atoms with Crippen LogP contribution in [0.25, 0.3) is 0 Å². The van der Waals surface area contributed by atoms with E-state index in [0.717, 1.165) is 115 Å². The monoisotopic (exact) mass is 1180 g/mol. The van der Waals surface area contributed by atoms with Crippen LogP contribution in [0.15, 0.2) is 0 Å². The van der Waals surface area contributed by atoms with Crippen LogP contribution in [-0.2, 0) is 65.4 Å². The lowest BCUT2D eigenvalue weighted by molar-refractivity contribution is -0.161. The van der Waals surface area contributed by atoms with Gasteiger partial charge in [0.25, 0.3) is 0 Å². The van der Waals surface area contributed by atoms with Crippen LogP contribution in [0, 0.1) is 5.92 Å². The fourth-order valence-corrected chi connectivity index (χ4v) is 10.6. The predicted octanol–water partition coefficient (Wildman–Crippen LogP) is 16.6. The van der Waals surface area contributed by atoms with Crippen LogP contribution in [0.4, 0.5) is 0 Å². The molecule has 0 radical (unpaired) electrons. The molecule has 0 aliphatic heterocycles. The average molecular weight is 1190 g/mol. The lowest BCUT2D eigenvalue weighted by Gasteiger charge is -2.21. The van der Waals surface area contributed by atoms with Gasteiger partial charge >= 0.3 is 39.5 Å². The summed E-state index contributed by atoms with van der Waals surface area (Å²) in [4.78, 5) is 71.9. The minimum absolute atomic E-state index is 0.105. The molecule has 0 aromatic heterocycles. The van der Waals surface area contributed by atoms with E-state index in [9.17, 15) is 43.2 Å². The molecule has 19 heteroatoms. The number of aliphatic hydroxyl groups excluding tert-OH is 1. The third kappa shape index (κ3) is 55.3. The molecule has 0 bridgehead atoms. The fourth-order valence-electron chi connectivity index (χ4n) is 9.05. The first-order chi connectivity index (χ1) is 38.5. The lowest BCUT2D eigenvalue weighted by atomic mass is 10.0. The summed E-state index contributed by atoms with van der Waals surface area (Å²) in [6.45, 7) is 7.10. The van der Waals surface area contributed by atoms with Crippen molar-refractivity contribution in [3.8, 4) is 0 Å². The highest BCUT2D eigenvalue weighted by Crippen LogP contribution is 2.45. The number of ether oxygens (including phenoxy) is 4. The number of carbonyl (C=O) groups is 4. The van der Waals surface area contributed by atoms with Gasteiger partial charge in [-0.15, -0.1) is 0 Å². The van der Waals surface area contributed by atoms with Crippen LogP contribution >= 0.6 is 15.6 Å². The number of phosphoric ester groups is 2. The fraction of sp³-hybridized carbons (Fsp3) is 0.934. The maximum Gasteiger partial charge on any atom is 0.472 e. The smallest absolute Gasteiger partial charge is 0.462 e. The number of hydrogen-bond acceptors (Lipinski definition) is 15. The maximum atomic E-state index is 12.9. The molecule has 0 amide bonds. The van der Waals surface area contributed by atoms with E-state index >= 15 is 0 Å². The van der Waals surface area contributed by atoms with Crippen molar-refractivity contribution in [2.75, 3.05) is 39.6 Å². The molecule has 0 fully saturated rings. The third-order valence-electron chi connectivity index (χ3n) is 14.0. The Morgan fingerprint density at radius 3 is 0.850 bits per heavy atom. The van der Waals surface area contributed by atoms with Gasteiger partial charge in [0.15, 0.2) is 12.2 Å². The molecule has 0 aromatic carbocycles. The molecule has 0 heterocycles. The molecule has 3 N–H and O–H groups in total. The van der Waals surface area contributed by atoms with Crippen molar-refractivity contribution < 1.29 is 80.2 Å². The number of phosphoric acid groups is 2. The van der Waals surface area contributed by atoms with Crippen molar-refractivity contribution in [2.24, 2.45) is 5.92 Å². The van der Waals surface area contributed by atoms with Gasteiger partial charge in [-0.25, -0.2) is 9.13 Å². The Morgan fingerprint density at radius 2 is 0.575 bits per heavy atom. The van der Waals surface area contributed by atoms with E-state index < -0.39 is 97.5 Å². The largest absolute Gasteiger partial charge is 0.472 e. The summed E-state index contributed by atoms with van der Waals surface area (Å²) in [5.74, 6) is -1.38. The molecule has 0 aliphatic carbocycles. The lowest BCUT2D eigenvalue weighted by Crippen LogP contribution is -2.30. The number of rotatable bonds is 61. The summed E-state index contributed by atoms with van der Waals surface area (Å²) in [7, 11) is -9.87. The number of aliphatic hydroxyl groups is 1. The highest BCUT2D eigenvalue weighted by atomic mass is 31.2. The van der Waals surface area contributed by atoms with E-state index in [4.69, 9.17) is 37.0 Å². The molecule has 474 valence electrons. The van der Waals surface area contributed by atoms with Gasteiger partial charge in [-0.05, 0) is 31.6 Å². The quantitative estimate of drug-likeness (QED) is 0.0222. The van der Waals surface area contributed by atoms with Crippen molar-refractivity contribution in [1.29, 1.82) is 0 Å². The molecular formula is C61H118O17P2. The topological polar surface area (TPSA) is 237 Å². The summed E-state index contributed by atoms with van der Waals surface area (Å²) < 4.78 is 67.7. The first kappa shape index (κ1) is 78.1. The summed E-state index contributed by atoms with van der Waals surface area (Å²) in [6, 6.07) is 0. The third-order valence-corrected chi connectivity index (χ3v) is 15.9. The first-order valence-electron chi connectivity index (χ1n) is 32.1. The van der Waals surface area contributed by atoms with E-state index in [0.29, 0.717) is 25.7 Å². The summed E-state index contributed by atoms with van der Waals surface area (Å²) >= 11 is 0. The Labute approximate surface area is 486 Å². The van der Waals surface area contributed by atoms with Crippen molar-refractivity contribution >= 4 is 39.5 Å². The van der Waals surface area contributed by atoms with Crippen LogP contribution in [0.5, 0.6) is 0 Å². The highest BCUT2D eigenvalue weighted by molar-refractivity contribution is 7.47. The van der Waals surface area contributed by atoms with E-state index in [1.807, 2.05) is 0 Å². The van der Waals surface area contributed by atoms with Gasteiger partial charge in [0.1, 0.15) is 19.3 Å². The van der Waals surface area contributed by atoms with Crippen molar-refractivity contribution in [1.82, 2.24) is 0 Å². The van der Waals surface area contributed by atoms with Gasteiger partial charge in [0, 0.05) is 25.7 Å². The highest BCUT2D eigenvalue weighted by Gasteiger charge is 2.30. The molecule has 17 nitrogen and oxygen atoms in total. The Kier molecular flexibility index (Phi) is 53.6. The van der Waals surface area contributed by atoms with Crippen molar-refractivity contribution in [2.45, 2.75) is 323 Å². The molecule has 0 saturated carbocycles. The Morgan fingerprint density at radius 1 is 0.338 bits per heavy atom. The van der Waals surface area contributed by atoms with Crippen LogP contribution in [0.1, 0.15) is 304 Å². The van der Waals surface area contributed by atoms with Crippen LogP contribution in [-0.4, -0.2) is 96.7 Å². The molecule has 80 heavy (non-hydrogen) atoms. The number of carbonyl (C=O) groups excluding carboxylic acids is 4. The normalized spacial score (nSPS) is 14.3. The molecule has 2 unspecified atom stereocenters. The van der Waals surface area contributed by atoms with Gasteiger partial charge < -0.3 is 33.8 Å². The van der Waals surface area contributed by atoms with E-state index in [1.54, 1.807) is 0 Å². The Hall–Kier alpha value is -1.94. The molecule has 0 spiro atoms. The standard InChI is InChI=1S/C61H118O17P2/c1-6-9-12-15-18-20-22-26-31-35-40-45-59(64)72-51-57(78-61(66)47-42-37-32-27-24-21-23-25-29-33-38-43-54(4)5)53-76-80(69,70)74-49-55(62)48-73-79(67,68)75-52-56(50-71-58(63)44-39-34-28-17-14-11-8-3)77-60(65)46-41-36-30-19-16-13-10-7-2/h54-57,62H,6-53H2,1-5H3,(H,67,68)(H,69,70)/t55-,56+,57+/m0/s1. The SMILES string of the molecule is CCCCCCCCCCCCCC(=O)OC[C@H](COP(=O)(O)OC[C@@H](O)COP(=O)(O)OC[C@@H](COC(=O)CCCCCCCCC)OC(=O)CCCCCCCCCC)OC(=O)CCCCCCCCCCCCCC(C)C. The minimum Gasteiger partial charge on any atom is -0.462 e. The summed E-state index contributed by atoms with van der Waals surface area (Å²) in [6.07, 6.45) is 37.7. The summed E-state index contributed by atoms with van der Waals surface area (Å²) in [5, 5.41) is 10.5. The van der Waals surface area contributed by atoms with Crippen LogP contribution in [0.2, 0.25) is 0 Å². The van der Waals surface area contributed by atoms with E-state index in [-0.39, 0.29) is 25.7 Å². The zero-order valence-corrected chi connectivity index (χ0v) is 53.0. The van der Waals surface area contributed by atoms with Crippen LogP contribution in [0.3, 0.4) is 0 Å². The first-order valence-corrected chi connectivity index (χ1v) is 35.1. The molecule has 0 saturated heterocycles. The second-order valence-corrected chi connectivity index (χ2v) is 25.5. The Balaban J connectivity index is 5.20. The molecule has 5 atom stereocenters. The molecule has 0 rings (SSSR count). The van der Waals surface area contributed by atoms with E-state index in [2.05, 4.69) is 34.6 Å². The number of hydrogen-bond donors (Lipinski definition) is 3. The Bertz CT molecular complexity index is 1570. The van der Waals surface area contributed by atoms with Gasteiger partial charge in [0.2, 0.25) is 0 Å². The van der Waals surface area contributed by atoms with Gasteiger partial charge in [0.05, 0.1) is 26.4 Å². The predicted molar refractivity (Wildman–Crippen MR) is 317 cm³/mol. The minimum atomic E-state index is -4.94. The summed E-state index contributed by atoms with van der Waals surface area (Å²) in [5.41, 5.74) is 0. The zero-order chi connectivity index (χ0) is 59.2. The van der Waals surface area contributed by atoms with E-state index in [1.165, 1.54) is 109 Å². The average Bonchev–Trinajstić information content (AvgIpc) is 3.42. The maximum absolute atomic E-state index is 12.9. The van der Waals surface area contributed by atoms with Gasteiger partial charge in [-0.1, -0.05) is 253 Å². The van der Waals surface area contributed by atoms with Crippen molar-refractivity contribution in [3.05, 3.63) is 0 Å². The van der Waals surface area contributed by atoms with Crippen molar-refractivity contribution in [3.63, 3.8) is 0 Å². The second-order valence-electron chi connectivity index (χ2n) is 22.6. The molecular weight excluding hydrogens is 1070 g/mol. The van der Waals surface area contributed by atoms with Crippen LogP contribution < -0.4 is 0 Å². The number of esters is 4. The number of unbranched alkanes of at least 4 members (excludes halogenated alkanes) is 33. The van der Waals surface area contributed by atoms with Gasteiger partial charge in [-0.3, -0.25) is 37.3 Å². The van der Waals surface area contributed by atoms with Gasteiger partial charge in [-0.2, -0.15) is 0 Å². The zero-order valence-electron chi connectivity index (χ0n) is 51.2.